The van der Waals surface area contributed by atoms with Crippen LogP contribution in [0.15, 0.2) is 24.3 Å². The Morgan fingerprint density at radius 3 is 2.52 bits per heavy atom. The first-order chi connectivity index (χ1) is 13.5. The number of alkyl halides is 3. The van der Waals surface area contributed by atoms with Crippen molar-refractivity contribution in [3.8, 4) is 0 Å². The third-order valence-corrected chi connectivity index (χ3v) is 4.19. The molecule has 0 aliphatic carbocycles. The number of rotatable bonds is 3. The van der Waals surface area contributed by atoms with Crippen molar-refractivity contribution in [3.05, 3.63) is 47.3 Å². The van der Waals surface area contributed by atoms with E-state index in [2.05, 4.69) is 15.4 Å². The Morgan fingerprint density at radius 2 is 1.90 bits per heavy atom. The van der Waals surface area contributed by atoms with Gasteiger partial charge in [-0.15, -0.1) is 0 Å². The summed E-state index contributed by atoms with van der Waals surface area (Å²) in [7, 11) is 1.26. The summed E-state index contributed by atoms with van der Waals surface area (Å²) in [6.45, 7) is 1.31. The minimum Gasteiger partial charge on any atom is -0.314 e. The van der Waals surface area contributed by atoms with Crippen LogP contribution >= 0.6 is 0 Å². The van der Waals surface area contributed by atoms with Gasteiger partial charge in [-0.2, -0.15) is 13.2 Å². The molecule has 12 heteroatoms. The number of carbonyl (C=O) groups excluding carboxylic acids is 2. The number of anilines is 2. The maximum atomic E-state index is 13.5. The van der Waals surface area contributed by atoms with E-state index in [1.54, 1.807) is 0 Å². The van der Waals surface area contributed by atoms with Crippen LogP contribution in [0.3, 0.4) is 0 Å². The number of hydrogen-bond donors (Lipinski definition) is 1. The van der Waals surface area contributed by atoms with Crippen LogP contribution in [-0.2, 0) is 15.8 Å². The number of likely N-dealkylation sites (N-methyl/N-ethyl adjacent to an activating group) is 1. The molecular weight excluding hydrogens is 401 g/mol. The number of aryl methyl sites for hydroxylation is 1. The molecule has 1 atom stereocenters. The molecule has 2 amide bonds. The minimum atomic E-state index is -4.76. The third-order valence-electron chi connectivity index (χ3n) is 4.19. The van der Waals surface area contributed by atoms with Gasteiger partial charge in [-0.25, -0.2) is 23.8 Å². The Morgan fingerprint density at radius 1 is 1.21 bits per heavy atom. The van der Waals surface area contributed by atoms with Crippen LogP contribution in [0, 0.1) is 18.6 Å². The van der Waals surface area contributed by atoms with Crippen molar-refractivity contribution in [1.82, 2.24) is 15.4 Å². The van der Waals surface area contributed by atoms with Crippen molar-refractivity contribution < 1.29 is 31.5 Å². The molecule has 1 N–H and O–H groups in total. The second-order valence-corrected chi connectivity index (χ2v) is 6.31. The molecule has 29 heavy (non-hydrogen) atoms. The van der Waals surface area contributed by atoms with Gasteiger partial charge in [0.1, 0.15) is 11.7 Å². The summed E-state index contributed by atoms with van der Waals surface area (Å²) in [4.78, 5) is 32.9. The quantitative estimate of drug-likeness (QED) is 0.779. The summed E-state index contributed by atoms with van der Waals surface area (Å²) in [5.41, 5.74) is 0.990. The first kappa shape index (κ1) is 20.4. The molecule has 0 saturated carbocycles. The highest BCUT2D eigenvalue weighted by atomic mass is 19.4. The molecule has 1 aromatic carbocycles. The van der Waals surface area contributed by atoms with Crippen LogP contribution in [0.2, 0.25) is 0 Å². The van der Waals surface area contributed by atoms with Crippen LogP contribution in [0.25, 0.3) is 0 Å². The Kier molecular flexibility index (Phi) is 5.11. The zero-order chi connectivity index (χ0) is 21.5. The molecule has 0 radical (unpaired) electrons. The third kappa shape index (κ3) is 4.10. The van der Waals surface area contributed by atoms with Crippen LogP contribution in [0.5, 0.6) is 0 Å². The van der Waals surface area contributed by atoms with Gasteiger partial charge in [-0.05, 0) is 25.1 Å². The molecule has 0 bridgehead atoms. The Balaban J connectivity index is 1.94. The SMILES string of the molecule is Cc1cc(C(F)(F)F)nc(N2NC(=O)CC2C(=O)N(C)c2ccc(F)c(F)c2)n1. The highest BCUT2D eigenvalue weighted by Gasteiger charge is 2.41. The molecule has 1 fully saturated rings. The molecule has 1 saturated heterocycles. The first-order valence-electron chi connectivity index (χ1n) is 8.21. The van der Waals surface area contributed by atoms with Crippen LogP contribution in [0.1, 0.15) is 17.8 Å². The summed E-state index contributed by atoms with van der Waals surface area (Å²) >= 11 is 0. The molecule has 2 heterocycles. The Labute approximate surface area is 161 Å². The van der Waals surface area contributed by atoms with Crippen molar-refractivity contribution in [2.24, 2.45) is 0 Å². The van der Waals surface area contributed by atoms with Crippen LogP contribution < -0.4 is 15.3 Å². The predicted molar refractivity (Wildman–Crippen MR) is 90.6 cm³/mol. The molecule has 1 unspecified atom stereocenters. The largest absolute Gasteiger partial charge is 0.433 e. The maximum absolute atomic E-state index is 13.5. The van der Waals surface area contributed by atoms with E-state index in [0.717, 1.165) is 34.2 Å². The highest BCUT2D eigenvalue weighted by molar-refractivity contribution is 6.03. The summed E-state index contributed by atoms with van der Waals surface area (Å²) in [5, 5.41) is 0.837. The average Bonchev–Trinajstić information content (AvgIpc) is 3.03. The zero-order valence-electron chi connectivity index (χ0n) is 15.1. The fourth-order valence-corrected chi connectivity index (χ4v) is 2.76. The molecule has 2 aromatic rings. The number of benzene rings is 1. The zero-order valence-corrected chi connectivity index (χ0v) is 15.1. The summed E-state index contributed by atoms with van der Waals surface area (Å²) in [5.74, 6) is -4.20. The molecule has 0 spiro atoms. The second-order valence-electron chi connectivity index (χ2n) is 6.31. The topological polar surface area (TPSA) is 78.4 Å². The Hall–Kier alpha value is -3.31. The monoisotopic (exact) mass is 415 g/mol. The molecule has 1 aromatic heterocycles. The van der Waals surface area contributed by atoms with Gasteiger partial charge in [0, 0.05) is 24.5 Å². The number of halogens is 5. The van der Waals surface area contributed by atoms with Gasteiger partial charge in [0.25, 0.3) is 5.91 Å². The van der Waals surface area contributed by atoms with Gasteiger partial charge in [-0.3, -0.25) is 15.0 Å². The van der Waals surface area contributed by atoms with E-state index in [0.29, 0.717) is 0 Å². The predicted octanol–water partition coefficient (Wildman–Crippen LogP) is 2.35. The van der Waals surface area contributed by atoms with E-state index in [-0.39, 0.29) is 17.8 Å². The second kappa shape index (κ2) is 7.26. The average molecular weight is 415 g/mol. The highest BCUT2D eigenvalue weighted by Crippen LogP contribution is 2.30. The molecule has 1 aliphatic heterocycles. The fourth-order valence-electron chi connectivity index (χ4n) is 2.76. The van der Waals surface area contributed by atoms with Gasteiger partial charge in [0.15, 0.2) is 11.6 Å². The number of amides is 2. The summed E-state index contributed by atoms with van der Waals surface area (Å²) in [6, 6.07) is 2.20. The van der Waals surface area contributed by atoms with E-state index in [4.69, 9.17) is 0 Å². The number of nitrogens with one attached hydrogen (secondary N) is 1. The lowest BCUT2D eigenvalue weighted by Crippen LogP contribution is -2.48. The number of hydrogen-bond acceptors (Lipinski definition) is 5. The van der Waals surface area contributed by atoms with E-state index in [1.807, 2.05) is 0 Å². The number of nitrogens with zero attached hydrogens (tertiary/aromatic N) is 4. The summed E-state index contributed by atoms with van der Waals surface area (Å²) < 4.78 is 65.7. The van der Waals surface area contributed by atoms with Crippen molar-refractivity contribution in [3.63, 3.8) is 0 Å². The van der Waals surface area contributed by atoms with Crippen LogP contribution in [0.4, 0.5) is 33.6 Å². The normalized spacial score (nSPS) is 16.7. The standard InChI is InChI=1S/C17H14F5N5O2/c1-8-5-13(17(20,21)22)24-16(23-8)27-12(7-14(28)25-27)15(29)26(2)9-3-4-10(18)11(19)6-9/h3-6,12H,7H2,1-2H3,(H,25,28). The first-order valence-corrected chi connectivity index (χ1v) is 8.21. The smallest absolute Gasteiger partial charge is 0.314 e. The van der Waals surface area contributed by atoms with Crippen LogP contribution in [-0.4, -0.2) is 34.9 Å². The lowest BCUT2D eigenvalue weighted by atomic mass is 10.1. The van der Waals surface area contributed by atoms with Crippen molar-refractivity contribution in [1.29, 1.82) is 0 Å². The molecule has 7 nitrogen and oxygen atoms in total. The van der Waals surface area contributed by atoms with E-state index < -0.39 is 47.3 Å². The van der Waals surface area contributed by atoms with Gasteiger partial charge in [-0.1, -0.05) is 0 Å². The lowest BCUT2D eigenvalue weighted by Gasteiger charge is -2.27. The number of hydrazine groups is 1. The molecule has 1 aliphatic rings. The van der Waals surface area contributed by atoms with Crippen molar-refractivity contribution in [2.75, 3.05) is 17.0 Å². The molecule has 3 rings (SSSR count). The van der Waals surface area contributed by atoms with E-state index in [9.17, 15) is 31.5 Å². The number of aromatic nitrogens is 2. The van der Waals surface area contributed by atoms with Crippen molar-refractivity contribution in [2.45, 2.75) is 25.6 Å². The molecule has 154 valence electrons. The van der Waals surface area contributed by atoms with Gasteiger partial charge in [0.2, 0.25) is 11.9 Å². The maximum Gasteiger partial charge on any atom is 0.433 e. The number of carbonyl (C=O) groups is 2. The lowest BCUT2D eigenvalue weighted by molar-refractivity contribution is -0.141. The van der Waals surface area contributed by atoms with Gasteiger partial charge in [0.05, 0.1) is 6.42 Å². The molecular formula is C17H14F5N5O2. The van der Waals surface area contributed by atoms with E-state index in [1.165, 1.54) is 14.0 Å². The minimum absolute atomic E-state index is 0.00524. The van der Waals surface area contributed by atoms with E-state index >= 15 is 0 Å². The fraction of sp³-hybridized carbons (Fsp3) is 0.294. The Bertz CT molecular complexity index is 981. The summed E-state index contributed by atoms with van der Waals surface area (Å²) in [6.07, 6.45) is -5.14. The van der Waals surface area contributed by atoms with Gasteiger partial charge >= 0.3 is 6.18 Å². The van der Waals surface area contributed by atoms with Crippen molar-refractivity contribution >= 4 is 23.5 Å². The van der Waals surface area contributed by atoms with Gasteiger partial charge < -0.3 is 4.90 Å².